The maximum atomic E-state index is 5.85. The fourth-order valence-electron chi connectivity index (χ4n) is 5.58. The Morgan fingerprint density at radius 3 is 2.44 bits per heavy atom. The Morgan fingerprint density at radius 2 is 1.75 bits per heavy atom. The van der Waals surface area contributed by atoms with E-state index in [4.69, 9.17) is 12.2 Å². The summed E-state index contributed by atoms with van der Waals surface area (Å²) in [6, 6.07) is 15.2. The standard InChI is InChI=1S/C26H31N5S/c1-18-16-22(19(2)31(18)21-11-4-3-5-12-21)25-24(23-13-7-9-15-28-23)29-26(32)30(25)17-20-10-6-8-14-27-20/h6-10,13-16,21,24-25H,3-5,11-12,17H2,1-2H3,(H,29,32)/t24-,25+/m0/s1. The average Bonchev–Trinajstić information content (AvgIpc) is 3.30. The van der Waals surface area contributed by atoms with Crippen molar-refractivity contribution in [3.63, 3.8) is 0 Å². The summed E-state index contributed by atoms with van der Waals surface area (Å²) in [5.74, 6) is 0. The van der Waals surface area contributed by atoms with Crippen LogP contribution in [0, 0.1) is 13.8 Å². The number of thiocarbonyl (C=S) groups is 1. The minimum atomic E-state index is 0.00715. The van der Waals surface area contributed by atoms with E-state index in [0.29, 0.717) is 12.6 Å². The Balaban J connectivity index is 1.57. The number of nitrogens with zero attached hydrogens (tertiary/aromatic N) is 4. The molecule has 32 heavy (non-hydrogen) atoms. The van der Waals surface area contributed by atoms with E-state index in [0.717, 1.165) is 16.5 Å². The molecule has 0 unspecified atom stereocenters. The second-order valence-electron chi connectivity index (χ2n) is 9.06. The Labute approximate surface area is 195 Å². The van der Waals surface area contributed by atoms with Crippen molar-refractivity contribution < 1.29 is 0 Å². The van der Waals surface area contributed by atoms with E-state index in [1.54, 1.807) is 0 Å². The van der Waals surface area contributed by atoms with Crippen molar-refractivity contribution in [2.45, 2.75) is 70.6 Å². The van der Waals surface area contributed by atoms with Gasteiger partial charge in [0.15, 0.2) is 5.11 Å². The van der Waals surface area contributed by atoms with Crippen LogP contribution < -0.4 is 5.32 Å². The summed E-state index contributed by atoms with van der Waals surface area (Å²) < 4.78 is 2.59. The summed E-state index contributed by atoms with van der Waals surface area (Å²) in [6.07, 6.45) is 10.3. The molecule has 0 aromatic carbocycles. The molecule has 5 rings (SSSR count). The topological polar surface area (TPSA) is 46.0 Å². The van der Waals surface area contributed by atoms with Crippen molar-refractivity contribution in [2.75, 3.05) is 0 Å². The lowest BCUT2D eigenvalue weighted by molar-refractivity contribution is 0.304. The lowest BCUT2D eigenvalue weighted by Crippen LogP contribution is -2.29. The van der Waals surface area contributed by atoms with Gasteiger partial charge in [0.1, 0.15) is 0 Å². The van der Waals surface area contributed by atoms with Crippen LogP contribution in [0.5, 0.6) is 0 Å². The molecule has 3 aromatic rings. The molecule has 1 N–H and O–H groups in total. The molecule has 166 valence electrons. The molecule has 0 bridgehead atoms. The molecule has 0 amide bonds. The van der Waals surface area contributed by atoms with Gasteiger partial charge in [-0.15, -0.1) is 0 Å². The smallest absolute Gasteiger partial charge is 0.170 e. The molecule has 1 saturated carbocycles. The molecule has 1 saturated heterocycles. The Kier molecular flexibility index (Phi) is 5.96. The van der Waals surface area contributed by atoms with Gasteiger partial charge in [-0.2, -0.15) is 0 Å². The van der Waals surface area contributed by atoms with Gasteiger partial charge in [-0.1, -0.05) is 31.4 Å². The van der Waals surface area contributed by atoms with E-state index in [-0.39, 0.29) is 12.1 Å². The first-order chi connectivity index (χ1) is 15.6. The van der Waals surface area contributed by atoms with E-state index in [2.05, 4.69) is 62.9 Å². The number of rotatable bonds is 5. The van der Waals surface area contributed by atoms with Crippen LogP contribution in [-0.4, -0.2) is 24.5 Å². The Bertz CT molecular complexity index is 1070. The first-order valence-electron chi connectivity index (χ1n) is 11.7. The lowest BCUT2D eigenvalue weighted by Gasteiger charge is -2.29. The number of aromatic nitrogens is 3. The van der Waals surface area contributed by atoms with Crippen molar-refractivity contribution in [3.05, 3.63) is 83.2 Å². The van der Waals surface area contributed by atoms with Crippen molar-refractivity contribution in [3.8, 4) is 0 Å². The molecule has 6 heteroatoms. The van der Waals surface area contributed by atoms with Gasteiger partial charge < -0.3 is 14.8 Å². The lowest BCUT2D eigenvalue weighted by atomic mass is 9.94. The second-order valence-corrected chi connectivity index (χ2v) is 9.45. The SMILES string of the molecule is Cc1cc([C@@H]2[C@H](c3ccccn3)NC(=S)N2Cc2ccccn2)c(C)n1C1CCCCC1. The molecule has 4 heterocycles. The third-order valence-electron chi connectivity index (χ3n) is 7.04. The zero-order valence-electron chi connectivity index (χ0n) is 18.9. The van der Waals surface area contributed by atoms with Crippen LogP contribution in [0.15, 0.2) is 54.9 Å². The molecular formula is C26H31N5S. The number of aryl methyl sites for hydroxylation is 1. The van der Waals surface area contributed by atoms with Crippen LogP contribution in [0.4, 0.5) is 0 Å². The third kappa shape index (κ3) is 3.92. The van der Waals surface area contributed by atoms with Crippen LogP contribution in [0.25, 0.3) is 0 Å². The molecule has 1 aliphatic carbocycles. The van der Waals surface area contributed by atoms with Gasteiger partial charge in [-0.3, -0.25) is 9.97 Å². The van der Waals surface area contributed by atoms with Crippen molar-refractivity contribution in [1.29, 1.82) is 0 Å². The van der Waals surface area contributed by atoms with E-state index in [1.165, 1.54) is 49.1 Å². The molecule has 5 nitrogen and oxygen atoms in total. The zero-order valence-corrected chi connectivity index (χ0v) is 19.7. The summed E-state index contributed by atoms with van der Waals surface area (Å²) in [5, 5.41) is 4.35. The summed E-state index contributed by atoms with van der Waals surface area (Å²) in [5.41, 5.74) is 6.08. The quantitative estimate of drug-likeness (QED) is 0.520. The van der Waals surface area contributed by atoms with Gasteiger partial charge in [0.25, 0.3) is 0 Å². The third-order valence-corrected chi connectivity index (χ3v) is 7.39. The molecule has 2 atom stereocenters. The number of nitrogens with one attached hydrogen (secondary N) is 1. The summed E-state index contributed by atoms with van der Waals surface area (Å²) in [6.45, 7) is 5.21. The normalized spacial score (nSPS) is 21.7. The monoisotopic (exact) mass is 445 g/mol. The van der Waals surface area contributed by atoms with Gasteiger partial charge in [0, 0.05) is 29.8 Å². The van der Waals surface area contributed by atoms with Gasteiger partial charge in [-0.25, -0.2) is 0 Å². The molecule has 2 fully saturated rings. The van der Waals surface area contributed by atoms with E-state index in [1.807, 2.05) is 30.6 Å². The van der Waals surface area contributed by atoms with Gasteiger partial charge in [0.2, 0.25) is 0 Å². The Hall–Kier alpha value is -2.73. The predicted molar refractivity (Wildman–Crippen MR) is 131 cm³/mol. The summed E-state index contributed by atoms with van der Waals surface area (Å²) in [7, 11) is 0. The predicted octanol–water partition coefficient (Wildman–Crippen LogP) is 5.57. The Morgan fingerprint density at radius 1 is 1.00 bits per heavy atom. The zero-order chi connectivity index (χ0) is 22.1. The minimum Gasteiger partial charge on any atom is -0.352 e. The first-order valence-corrected chi connectivity index (χ1v) is 12.1. The van der Waals surface area contributed by atoms with E-state index >= 15 is 0 Å². The fourth-order valence-corrected chi connectivity index (χ4v) is 5.89. The molecule has 2 aliphatic rings. The highest BCUT2D eigenvalue weighted by molar-refractivity contribution is 7.80. The van der Waals surface area contributed by atoms with Crippen LogP contribution in [0.3, 0.4) is 0 Å². The van der Waals surface area contributed by atoms with Crippen LogP contribution in [-0.2, 0) is 6.54 Å². The molecular weight excluding hydrogens is 414 g/mol. The maximum absolute atomic E-state index is 5.85. The van der Waals surface area contributed by atoms with Crippen LogP contribution >= 0.6 is 12.2 Å². The molecule has 0 spiro atoms. The average molecular weight is 446 g/mol. The van der Waals surface area contributed by atoms with E-state index in [9.17, 15) is 0 Å². The van der Waals surface area contributed by atoms with Crippen molar-refractivity contribution >= 4 is 17.3 Å². The summed E-state index contributed by atoms with van der Waals surface area (Å²) >= 11 is 5.85. The number of hydrogen-bond donors (Lipinski definition) is 1. The molecule has 1 aliphatic heterocycles. The number of pyridine rings is 2. The highest BCUT2D eigenvalue weighted by Gasteiger charge is 2.41. The van der Waals surface area contributed by atoms with Crippen molar-refractivity contribution in [2.24, 2.45) is 0 Å². The van der Waals surface area contributed by atoms with Crippen molar-refractivity contribution in [1.82, 2.24) is 24.8 Å². The van der Waals surface area contributed by atoms with E-state index < -0.39 is 0 Å². The second kappa shape index (κ2) is 9.02. The van der Waals surface area contributed by atoms with Crippen LogP contribution in [0.1, 0.15) is 78.6 Å². The minimum absolute atomic E-state index is 0.00715. The highest BCUT2D eigenvalue weighted by atomic mass is 32.1. The van der Waals surface area contributed by atoms with Gasteiger partial charge >= 0.3 is 0 Å². The van der Waals surface area contributed by atoms with Gasteiger partial charge in [-0.05, 0) is 74.8 Å². The summed E-state index contributed by atoms with van der Waals surface area (Å²) in [4.78, 5) is 11.6. The fraction of sp³-hybridized carbons (Fsp3) is 0.423. The largest absolute Gasteiger partial charge is 0.352 e. The van der Waals surface area contributed by atoms with Crippen LogP contribution in [0.2, 0.25) is 0 Å². The molecule has 3 aromatic heterocycles. The van der Waals surface area contributed by atoms with Gasteiger partial charge in [0.05, 0.1) is 30.0 Å². The molecule has 0 radical (unpaired) electrons. The highest BCUT2D eigenvalue weighted by Crippen LogP contribution is 2.43. The number of hydrogen-bond acceptors (Lipinski definition) is 3. The first kappa shape index (κ1) is 21.1. The maximum Gasteiger partial charge on any atom is 0.170 e.